The van der Waals surface area contributed by atoms with Crippen molar-refractivity contribution in [2.75, 3.05) is 11.9 Å². The van der Waals surface area contributed by atoms with Crippen LogP contribution in [0.25, 0.3) is 0 Å². The highest BCUT2D eigenvalue weighted by atomic mass is 16.5. The number of hydrogen-bond donors (Lipinski definition) is 1. The summed E-state index contributed by atoms with van der Waals surface area (Å²) in [6.07, 6.45) is 2.78. The van der Waals surface area contributed by atoms with Gasteiger partial charge in [-0.3, -0.25) is 0 Å². The zero-order chi connectivity index (χ0) is 17.1. The van der Waals surface area contributed by atoms with Crippen LogP contribution in [0.3, 0.4) is 0 Å². The molecule has 1 aliphatic rings. The molecule has 1 fully saturated rings. The highest BCUT2D eigenvalue weighted by Gasteiger charge is 2.33. The average Bonchev–Trinajstić information content (AvgIpc) is 3.24. The first-order valence-corrected chi connectivity index (χ1v) is 8.72. The molecule has 0 saturated carbocycles. The van der Waals surface area contributed by atoms with E-state index in [1.165, 1.54) is 0 Å². The summed E-state index contributed by atoms with van der Waals surface area (Å²) in [6, 6.07) is 9.83. The summed E-state index contributed by atoms with van der Waals surface area (Å²) in [5.74, 6) is 1.11. The van der Waals surface area contributed by atoms with Crippen molar-refractivity contribution in [2.24, 2.45) is 0 Å². The molecule has 2 heterocycles. The molecule has 0 bridgehead atoms. The smallest absolute Gasteiger partial charge is 0.322 e. The number of para-hydroxylation sites is 1. The van der Waals surface area contributed by atoms with Crippen molar-refractivity contribution in [1.82, 2.24) is 10.1 Å². The molecule has 0 aliphatic carbocycles. The molecule has 5 heteroatoms. The van der Waals surface area contributed by atoms with E-state index in [2.05, 4.69) is 31.2 Å². The quantitative estimate of drug-likeness (QED) is 0.883. The topological polar surface area (TPSA) is 58.4 Å². The normalized spacial score (nSPS) is 17.5. The molecule has 1 unspecified atom stereocenters. The molecular formula is C19H25N3O2. The maximum Gasteiger partial charge on any atom is 0.322 e. The zero-order valence-corrected chi connectivity index (χ0v) is 14.6. The van der Waals surface area contributed by atoms with E-state index in [9.17, 15) is 4.79 Å². The molecule has 1 aromatic carbocycles. The molecule has 2 amide bonds. The molecule has 2 aromatic rings. The lowest BCUT2D eigenvalue weighted by Gasteiger charge is -2.23. The Kier molecular flexibility index (Phi) is 4.88. The number of urea groups is 1. The van der Waals surface area contributed by atoms with E-state index in [-0.39, 0.29) is 12.1 Å². The molecule has 1 atom stereocenters. The van der Waals surface area contributed by atoms with E-state index in [1.54, 1.807) is 0 Å². The van der Waals surface area contributed by atoms with Gasteiger partial charge in [0.15, 0.2) is 5.76 Å². The van der Waals surface area contributed by atoms with Crippen molar-refractivity contribution >= 4 is 11.7 Å². The third-order valence-corrected chi connectivity index (χ3v) is 4.62. The van der Waals surface area contributed by atoms with Crippen molar-refractivity contribution in [1.29, 1.82) is 0 Å². The Bertz CT molecular complexity index is 708. The molecule has 1 saturated heterocycles. The Morgan fingerprint density at radius 3 is 2.92 bits per heavy atom. The number of aromatic nitrogens is 1. The number of amides is 2. The van der Waals surface area contributed by atoms with Crippen LogP contribution in [0.2, 0.25) is 0 Å². The summed E-state index contributed by atoms with van der Waals surface area (Å²) < 4.78 is 5.51. The molecule has 1 N–H and O–H groups in total. The van der Waals surface area contributed by atoms with E-state index in [0.717, 1.165) is 48.5 Å². The van der Waals surface area contributed by atoms with Gasteiger partial charge in [-0.15, -0.1) is 0 Å². The SMILES string of the molecule is CCc1ccccc1NC(=O)N1CCCC1c1cc(C(C)C)no1. The van der Waals surface area contributed by atoms with E-state index in [4.69, 9.17) is 4.52 Å². The van der Waals surface area contributed by atoms with Crippen LogP contribution in [0.1, 0.15) is 62.6 Å². The summed E-state index contributed by atoms with van der Waals surface area (Å²) in [5.41, 5.74) is 2.97. The highest BCUT2D eigenvalue weighted by Crippen LogP contribution is 2.33. The van der Waals surface area contributed by atoms with E-state index >= 15 is 0 Å². The van der Waals surface area contributed by atoms with Gasteiger partial charge in [-0.2, -0.15) is 0 Å². The molecule has 1 aromatic heterocycles. The number of carbonyl (C=O) groups is 1. The first kappa shape index (κ1) is 16.6. The second-order valence-corrected chi connectivity index (χ2v) is 6.60. The van der Waals surface area contributed by atoms with Gasteiger partial charge in [-0.25, -0.2) is 4.79 Å². The summed E-state index contributed by atoms with van der Waals surface area (Å²) >= 11 is 0. The lowest BCUT2D eigenvalue weighted by atomic mass is 10.1. The molecule has 128 valence electrons. The summed E-state index contributed by atoms with van der Waals surface area (Å²) in [6.45, 7) is 7.00. The van der Waals surface area contributed by atoms with E-state index in [1.807, 2.05) is 35.2 Å². The number of nitrogens with zero attached hydrogens (tertiary/aromatic N) is 2. The zero-order valence-electron chi connectivity index (χ0n) is 14.6. The number of hydrogen-bond acceptors (Lipinski definition) is 3. The standard InChI is InChI=1S/C19H25N3O2/c1-4-14-8-5-6-9-15(14)20-19(23)22-11-7-10-17(22)18-12-16(13(2)3)21-24-18/h5-6,8-9,12-13,17H,4,7,10-11H2,1-3H3,(H,20,23). The highest BCUT2D eigenvalue weighted by molar-refractivity contribution is 5.90. The number of carbonyl (C=O) groups excluding carboxylic acids is 1. The number of benzene rings is 1. The second kappa shape index (κ2) is 7.07. The van der Waals surface area contributed by atoms with Gasteiger partial charge in [-0.1, -0.05) is 44.1 Å². The van der Waals surface area contributed by atoms with Crippen LogP contribution >= 0.6 is 0 Å². The fourth-order valence-corrected chi connectivity index (χ4v) is 3.18. The number of likely N-dealkylation sites (tertiary alicyclic amines) is 1. The summed E-state index contributed by atoms with van der Waals surface area (Å²) in [7, 11) is 0. The number of aryl methyl sites for hydroxylation is 1. The Labute approximate surface area is 143 Å². The minimum absolute atomic E-state index is 0.0289. The molecule has 1 aliphatic heterocycles. The lowest BCUT2D eigenvalue weighted by molar-refractivity contribution is 0.195. The molecular weight excluding hydrogens is 302 g/mol. The van der Waals surface area contributed by atoms with Crippen LogP contribution in [0.15, 0.2) is 34.9 Å². The van der Waals surface area contributed by atoms with Gasteiger partial charge in [-0.05, 0) is 36.8 Å². The van der Waals surface area contributed by atoms with Gasteiger partial charge in [0.2, 0.25) is 0 Å². The number of anilines is 1. The van der Waals surface area contributed by atoms with Gasteiger partial charge in [0.25, 0.3) is 0 Å². The first-order valence-electron chi connectivity index (χ1n) is 8.72. The van der Waals surface area contributed by atoms with Gasteiger partial charge < -0.3 is 14.7 Å². The summed E-state index contributed by atoms with van der Waals surface area (Å²) in [5, 5.41) is 7.19. The van der Waals surface area contributed by atoms with Crippen LogP contribution in [0, 0.1) is 0 Å². The second-order valence-electron chi connectivity index (χ2n) is 6.60. The average molecular weight is 327 g/mol. The molecule has 0 radical (unpaired) electrons. The monoisotopic (exact) mass is 327 g/mol. The Morgan fingerprint density at radius 1 is 1.42 bits per heavy atom. The maximum atomic E-state index is 12.8. The number of rotatable bonds is 4. The molecule has 24 heavy (non-hydrogen) atoms. The first-order chi connectivity index (χ1) is 11.6. The van der Waals surface area contributed by atoms with Crippen LogP contribution < -0.4 is 5.32 Å². The minimum Gasteiger partial charge on any atom is -0.359 e. The van der Waals surface area contributed by atoms with Gasteiger partial charge in [0, 0.05) is 18.3 Å². The fraction of sp³-hybridized carbons (Fsp3) is 0.474. The molecule has 0 spiro atoms. The van der Waals surface area contributed by atoms with Crippen molar-refractivity contribution in [3.05, 3.63) is 47.3 Å². The van der Waals surface area contributed by atoms with Crippen LogP contribution in [-0.2, 0) is 6.42 Å². The predicted octanol–water partition coefficient (Wildman–Crippen LogP) is 4.73. The maximum absolute atomic E-state index is 12.8. The Balaban J connectivity index is 1.76. The van der Waals surface area contributed by atoms with E-state index in [0.29, 0.717) is 5.92 Å². The third-order valence-electron chi connectivity index (χ3n) is 4.62. The predicted molar refractivity (Wildman–Crippen MR) is 94.1 cm³/mol. The van der Waals surface area contributed by atoms with E-state index < -0.39 is 0 Å². The van der Waals surface area contributed by atoms with Crippen LogP contribution in [0.4, 0.5) is 10.5 Å². The van der Waals surface area contributed by atoms with Gasteiger partial charge >= 0.3 is 6.03 Å². The van der Waals surface area contributed by atoms with Gasteiger partial charge in [0.1, 0.15) is 0 Å². The van der Waals surface area contributed by atoms with Crippen molar-refractivity contribution in [3.63, 3.8) is 0 Å². The fourth-order valence-electron chi connectivity index (χ4n) is 3.18. The van der Waals surface area contributed by atoms with Crippen molar-refractivity contribution in [3.8, 4) is 0 Å². The Morgan fingerprint density at radius 2 is 2.21 bits per heavy atom. The summed E-state index contributed by atoms with van der Waals surface area (Å²) in [4.78, 5) is 14.6. The van der Waals surface area contributed by atoms with Crippen LogP contribution in [-0.4, -0.2) is 22.6 Å². The minimum atomic E-state index is -0.0686. The van der Waals surface area contributed by atoms with Gasteiger partial charge in [0.05, 0.1) is 11.7 Å². The lowest BCUT2D eigenvalue weighted by Crippen LogP contribution is -2.34. The largest absolute Gasteiger partial charge is 0.359 e. The van der Waals surface area contributed by atoms with Crippen LogP contribution in [0.5, 0.6) is 0 Å². The Hall–Kier alpha value is -2.30. The van der Waals surface area contributed by atoms with Crippen molar-refractivity contribution in [2.45, 2.75) is 52.0 Å². The molecule has 3 rings (SSSR count). The molecule has 5 nitrogen and oxygen atoms in total. The third kappa shape index (κ3) is 3.30. The van der Waals surface area contributed by atoms with Crippen molar-refractivity contribution < 1.29 is 9.32 Å². The number of nitrogens with one attached hydrogen (secondary N) is 1.